The first-order valence-electron chi connectivity index (χ1n) is 5.40. The fourth-order valence-corrected chi connectivity index (χ4v) is 2.19. The molecule has 1 heterocycles. The lowest BCUT2D eigenvalue weighted by Gasteiger charge is -2.11. The van der Waals surface area contributed by atoms with E-state index in [9.17, 15) is 0 Å². The maximum Gasteiger partial charge on any atom is 0.0492 e. The monoisotopic (exact) mass is 193 g/mol. The van der Waals surface area contributed by atoms with E-state index in [2.05, 4.69) is 36.6 Å². The van der Waals surface area contributed by atoms with Crippen LogP contribution in [0.25, 0.3) is 0 Å². The molecule has 0 saturated heterocycles. The summed E-state index contributed by atoms with van der Waals surface area (Å²) in [6.07, 6.45) is 3.13. The average Bonchev–Trinajstić information content (AvgIpc) is 2.75. The van der Waals surface area contributed by atoms with Crippen molar-refractivity contribution in [2.75, 3.05) is 0 Å². The molecule has 1 aliphatic carbocycles. The van der Waals surface area contributed by atoms with Crippen molar-refractivity contribution in [3.63, 3.8) is 0 Å². The lowest BCUT2D eigenvalue weighted by molar-refractivity contribution is 0.501. The van der Waals surface area contributed by atoms with Gasteiger partial charge in [-0.2, -0.15) is 5.10 Å². The summed E-state index contributed by atoms with van der Waals surface area (Å²) < 4.78 is 2.12. The smallest absolute Gasteiger partial charge is 0.0492 e. The molecule has 1 aromatic rings. The Bertz CT molecular complexity index is 314. The summed E-state index contributed by atoms with van der Waals surface area (Å²) in [6, 6.07) is 2.90. The third-order valence-corrected chi connectivity index (χ3v) is 3.09. The van der Waals surface area contributed by atoms with Gasteiger partial charge >= 0.3 is 0 Å². The van der Waals surface area contributed by atoms with Gasteiger partial charge in [0.25, 0.3) is 0 Å². The molecular weight excluding hydrogens is 174 g/mol. The summed E-state index contributed by atoms with van der Waals surface area (Å²) in [7, 11) is 0. The first kappa shape index (κ1) is 9.71. The van der Waals surface area contributed by atoms with Crippen LogP contribution in [0.15, 0.2) is 12.3 Å². The van der Waals surface area contributed by atoms with Gasteiger partial charge in [-0.15, -0.1) is 0 Å². The Kier molecular flexibility index (Phi) is 2.35. The largest absolute Gasteiger partial charge is 0.328 e. The van der Waals surface area contributed by atoms with Gasteiger partial charge in [0.2, 0.25) is 0 Å². The van der Waals surface area contributed by atoms with Gasteiger partial charge in [-0.1, -0.05) is 0 Å². The summed E-state index contributed by atoms with van der Waals surface area (Å²) in [5, 5.41) is 4.35. The Labute approximate surface area is 85.3 Å². The van der Waals surface area contributed by atoms with E-state index in [-0.39, 0.29) is 0 Å². The number of hydrogen-bond donors (Lipinski definition) is 1. The molecule has 1 aromatic heterocycles. The van der Waals surface area contributed by atoms with E-state index >= 15 is 0 Å². The molecule has 14 heavy (non-hydrogen) atoms. The molecule has 2 rings (SSSR count). The van der Waals surface area contributed by atoms with Gasteiger partial charge in [0, 0.05) is 29.9 Å². The third kappa shape index (κ3) is 1.57. The van der Waals surface area contributed by atoms with Gasteiger partial charge in [-0.05, 0) is 39.2 Å². The minimum atomic E-state index is 0.315. The van der Waals surface area contributed by atoms with Crippen LogP contribution in [0.1, 0.15) is 44.8 Å². The van der Waals surface area contributed by atoms with Crippen LogP contribution >= 0.6 is 0 Å². The van der Waals surface area contributed by atoms with E-state index in [1.54, 1.807) is 0 Å². The third-order valence-electron chi connectivity index (χ3n) is 3.09. The van der Waals surface area contributed by atoms with Crippen molar-refractivity contribution < 1.29 is 0 Å². The van der Waals surface area contributed by atoms with Crippen LogP contribution < -0.4 is 5.73 Å². The number of nitrogens with two attached hydrogens (primary N) is 1. The molecule has 78 valence electrons. The van der Waals surface area contributed by atoms with Gasteiger partial charge in [0.05, 0.1) is 0 Å². The topological polar surface area (TPSA) is 43.8 Å². The molecule has 0 aliphatic heterocycles. The van der Waals surface area contributed by atoms with Crippen molar-refractivity contribution in [3.8, 4) is 0 Å². The van der Waals surface area contributed by atoms with E-state index in [0.717, 1.165) is 0 Å². The maximum atomic E-state index is 5.89. The highest BCUT2D eigenvalue weighted by molar-refractivity contribution is 5.19. The highest BCUT2D eigenvalue weighted by atomic mass is 15.3. The van der Waals surface area contributed by atoms with Crippen molar-refractivity contribution in [2.24, 2.45) is 11.7 Å². The zero-order valence-corrected chi connectivity index (χ0v) is 9.14. The molecule has 3 heteroatoms. The van der Waals surface area contributed by atoms with E-state index < -0.39 is 0 Å². The van der Waals surface area contributed by atoms with Crippen LogP contribution in [-0.2, 0) is 0 Å². The molecule has 3 unspecified atom stereocenters. The fourth-order valence-electron chi connectivity index (χ4n) is 2.19. The van der Waals surface area contributed by atoms with E-state index in [1.165, 1.54) is 12.1 Å². The highest BCUT2D eigenvalue weighted by Gasteiger charge is 2.42. The van der Waals surface area contributed by atoms with Crippen LogP contribution in [0.3, 0.4) is 0 Å². The molecule has 3 nitrogen and oxygen atoms in total. The molecular formula is C11H19N3. The van der Waals surface area contributed by atoms with Gasteiger partial charge in [0.1, 0.15) is 0 Å². The molecule has 0 aromatic carbocycles. The first-order chi connectivity index (χ1) is 6.61. The van der Waals surface area contributed by atoms with E-state index in [0.29, 0.717) is 23.9 Å². The Morgan fingerprint density at radius 1 is 1.50 bits per heavy atom. The Hall–Kier alpha value is -0.830. The number of rotatable bonds is 3. The quantitative estimate of drug-likeness (QED) is 0.797. The normalized spacial score (nSPS) is 28.1. The van der Waals surface area contributed by atoms with Crippen LogP contribution in [-0.4, -0.2) is 15.8 Å². The van der Waals surface area contributed by atoms with Gasteiger partial charge in [-0.25, -0.2) is 0 Å². The first-order valence-corrected chi connectivity index (χ1v) is 5.40. The summed E-state index contributed by atoms with van der Waals surface area (Å²) in [4.78, 5) is 0. The maximum absolute atomic E-state index is 5.89. The summed E-state index contributed by atoms with van der Waals surface area (Å²) in [5.41, 5.74) is 7.25. The molecule has 1 saturated carbocycles. The second kappa shape index (κ2) is 3.39. The number of nitrogens with zero attached hydrogens (tertiary/aromatic N) is 2. The second-order valence-corrected chi connectivity index (χ2v) is 4.66. The molecule has 0 amide bonds. The summed E-state index contributed by atoms with van der Waals surface area (Å²) in [6.45, 7) is 6.43. The van der Waals surface area contributed by atoms with E-state index in [1.807, 2.05) is 6.20 Å². The van der Waals surface area contributed by atoms with Crippen molar-refractivity contribution in [3.05, 3.63) is 18.0 Å². The minimum Gasteiger partial charge on any atom is -0.328 e. The van der Waals surface area contributed by atoms with Crippen molar-refractivity contribution in [1.82, 2.24) is 9.78 Å². The molecule has 1 aliphatic rings. The lowest BCUT2D eigenvalue weighted by Crippen LogP contribution is -2.18. The van der Waals surface area contributed by atoms with E-state index in [4.69, 9.17) is 5.73 Å². The SMILES string of the molecule is CC(N)C1CC1c1ccnn1C(C)C. The average molecular weight is 193 g/mol. The Morgan fingerprint density at radius 3 is 2.71 bits per heavy atom. The van der Waals surface area contributed by atoms with Crippen LogP contribution in [0.4, 0.5) is 0 Å². The van der Waals surface area contributed by atoms with Crippen molar-refractivity contribution >= 4 is 0 Å². The zero-order chi connectivity index (χ0) is 10.3. The van der Waals surface area contributed by atoms with Crippen LogP contribution in [0.2, 0.25) is 0 Å². The van der Waals surface area contributed by atoms with Crippen LogP contribution in [0, 0.1) is 5.92 Å². The minimum absolute atomic E-state index is 0.315. The van der Waals surface area contributed by atoms with Crippen molar-refractivity contribution in [2.45, 2.75) is 45.2 Å². The Morgan fingerprint density at radius 2 is 2.21 bits per heavy atom. The molecule has 3 atom stereocenters. The summed E-state index contributed by atoms with van der Waals surface area (Å²) in [5.74, 6) is 1.32. The lowest BCUT2D eigenvalue weighted by atomic mass is 10.1. The predicted octanol–water partition coefficient (Wildman–Crippen LogP) is 1.91. The van der Waals surface area contributed by atoms with Crippen molar-refractivity contribution in [1.29, 1.82) is 0 Å². The highest BCUT2D eigenvalue weighted by Crippen LogP contribution is 2.49. The molecule has 0 bridgehead atoms. The molecule has 1 fully saturated rings. The summed E-state index contributed by atoms with van der Waals surface area (Å²) >= 11 is 0. The van der Waals surface area contributed by atoms with Crippen LogP contribution in [0.5, 0.6) is 0 Å². The Balaban J connectivity index is 2.15. The predicted molar refractivity (Wildman–Crippen MR) is 57.1 cm³/mol. The number of hydrogen-bond acceptors (Lipinski definition) is 2. The molecule has 2 N–H and O–H groups in total. The standard InChI is InChI=1S/C11H19N3/c1-7(2)14-11(4-5-13-14)10-6-9(10)8(3)12/h4-5,7-10H,6,12H2,1-3H3. The zero-order valence-electron chi connectivity index (χ0n) is 9.14. The van der Waals surface area contributed by atoms with Gasteiger partial charge in [0.15, 0.2) is 0 Å². The fraction of sp³-hybridized carbons (Fsp3) is 0.727. The molecule has 0 radical (unpaired) electrons. The number of aromatic nitrogens is 2. The van der Waals surface area contributed by atoms with Gasteiger partial charge < -0.3 is 5.73 Å². The van der Waals surface area contributed by atoms with Gasteiger partial charge in [-0.3, -0.25) is 4.68 Å². The second-order valence-electron chi connectivity index (χ2n) is 4.66. The molecule has 0 spiro atoms.